The summed E-state index contributed by atoms with van der Waals surface area (Å²) >= 11 is 1.69. The molecule has 0 saturated carbocycles. The molecule has 0 amide bonds. The van der Waals surface area contributed by atoms with Crippen LogP contribution in [-0.4, -0.2) is 55.5 Å². The molecule has 154 valence electrons. The highest BCUT2D eigenvalue weighted by Gasteiger charge is 2.34. The molecule has 1 atom stereocenters. The van der Waals surface area contributed by atoms with E-state index in [0.717, 1.165) is 5.56 Å². The van der Waals surface area contributed by atoms with Crippen LogP contribution >= 0.6 is 35.7 Å². The van der Waals surface area contributed by atoms with Crippen molar-refractivity contribution in [2.24, 2.45) is 4.99 Å². The van der Waals surface area contributed by atoms with Gasteiger partial charge in [0.2, 0.25) is 0 Å². The lowest BCUT2D eigenvalue weighted by molar-refractivity contribution is -0.143. The maximum Gasteiger partial charge on any atom is 0.401 e. The SMILES string of the molecule is CCNC(=NCc1ccc(C)cc1SC)NC1CCN(CC(F)(F)F)C1.I. The number of aryl methyl sites for hydroxylation is 1. The van der Waals surface area contributed by atoms with Crippen LogP contribution in [-0.2, 0) is 6.54 Å². The van der Waals surface area contributed by atoms with Crippen LogP contribution in [0.1, 0.15) is 24.5 Å². The Morgan fingerprint density at radius 2 is 2.11 bits per heavy atom. The number of benzene rings is 1. The lowest BCUT2D eigenvalue weighted by Gasteiger charge is -2.20. The van der Waals surface area contributed by atoms with E-state index in [9.17, 15) is 13.2 Å². The first-order valence-corrected chi connectivity index (χ1v) is 10.0. The minimum Gasteiger partial charge on any atom is -0.357 e. The number of hydrogen-bond donors (Lipinski definition) is 2. The van der Waals surface area contributed by atoms with Crippen molar-refractivity contribution in [2.45, 2.75) is 43.9 Å². The molecule has 9 heteroatoms. The molecule has 2 rings (SSSR count). The van der Waals surface area contributed by atoms with E-state index in [-0.39, 0.29) is 30.0 Å². The highest BCUT2D eigenvalue weighted by Crippen LogP contribution is 2.23. The van der Waals surface area contributed by atoms with Gasteiger partial charge in [-0.25, -0.2) is 4.99 Å². The first-order chi connectivity index (χ1) is 12.3. The molecular formula is C18H28F3IN4S. The van der Waals surface area contributed by atoms with Crippen LogP contribution in [0.4, 0.5) is 13.2 Å². The fourth-order valence-electron chi connectivity index (χ4n) is 3.01. The third kappa shape index (κ3) is 8.47. The summed E-state index contributed by atoms with van der Waals surface area (Å²) in [6, 6.07) is 6.27. The van der Waals surface area contributed by atoms with E-state index < -0.39 is 12.7 Å². The number of nitrogens with one attached hydrogen (secondary N) is 2. The van der Waals surface area contributed by atoms with E-state index in [1.54, 1.807) is 11.8 Å². The molecular weight excluding hydrogens is 488 g/mol. The number of nitrogens with zero attached hydrogens (tertiary/aromatic N) is 2. The minimum atomic E-state index is -4.15. The topological polar surface area (TPSA) is 39.7 Å². The number of rotatable bonds is 6. The van der Waals surface area contributed by atoms with Crippen LogP contribution in [0.3, 0.4) is 0 Å². The fraction of sp³-hybridized carbons (Fsp3) is 0.611. The van der Waals surface area contributed by atoms with Crippen molar-refractivity contribution in [3.63, 3.8) is 0 Å². The number of aliphatic imine (C=N–C) groups is 1. The average molecular weight is 516 g/mol. The minimum absolute atomic E-state index is 0. The van der Waals surface area contributed by atoms with Gasteiger partial charge in [-0.05, 0) is 43.7 Å². The quantitative estimate of drug-likeness (QED) is 0.259. The van der Waals surface area contributed by atoms with Gasteiger partial charge in [-0.2, -0.15) is 13.2 Å². The van der Waals surface area contributed by atoms with E-state index in [0.29, 0.717) is 38.6 Å². The zero-order valence-corrected chi connectivity index (χ0v) is 19.0. The number of alkyl halides is 3. The molecule has 1 unspecified atom stereocenters. The smallest absolute Gasteiger partial charge is 0.357 e. The Morgan fingerprint density at radius 3 is 2.74 bits per heavy atom. The zero-order valence-electron chi connectivity index (χ0n) is 15.9. The number of hydrogen-bond acceptors (Lipinski definition) is 3. The zero-order chi connectivity index (χ0) is 19.2. The summed E-state index contributed by atoms with van der Waals surface area (Å²) in [5.41, 5.74) is 2.35. The Labute approximate surface area is 180 Å². The summed E-state index contributed by atoms with van der Waals surface area (Å²) in [6.45, 7) is 5.25. The van der Waals surface area contributed by atoms with Crippen molar-refractivity contribution in [3.8, 4) is 0 Å². The highest BCUT2D eigenvalue weighted by molar-refractivity contribution is 14.0. The van der Waals surface area contributed by atoms with E-state index in [2.05, 4.69) is 40.7 Å². The molecule has 2 N–H and O–H groups in total. The van der Waals surface area contributed by atoms with E-state index >= 15 is 0 Å². The van der Waals surface area contributed by atoms with Gasteiger partial charge in [0.05, 0.1) is 13.1 Å². The molecule has 4 nitrogen and oxygen atoms in total. The standard InChI is InChI=1S/C18H27F3N4S.HI/c1-4-22-17(23-10-14-6-5-13(2)9-16(14)26-3)24-15-7-8-25(11-15)12-18(19,20)21;/h5-6,9,15H,4,7-8,10-12H2,1-3H3,(H2,22,23,24);1H. The molecule has 1 aromatic rings. The predicted molar refractivity (Wildman–Crippen MR) is 117 cm³/mol. The van der Waals surface area contributed by atoms with Crippen LogP contribution in [0.2, 0.25) is 0 Å². The third-order valence-corrected chi connectivity index (χ3v) is 5.03. The Hall–Kier alpha value is -0.680. The van der Waals surface area contributed by atoms with Crippen molar-refractivity contribution in [1.82, 2.24) is 15.5 Å². The molecule has 1 saturated heterocycles. The molecule has 1 aliphatic heterocycles. The largest absolute Gasteiger partial charge is 0.401 e. The molecule has 1 aromatic carbocycles. The summed E-state index contributed by atoms with van der Waals surface area (Å²) in [6.07, 6.45) is -1.42. The summed E-state index contributed by atoms with van der Waals surface area (Å²) in [7, 11) is 0. The van der Waals surface area contributed by atoms with Crippen LogP contribution in [0.25, 0.3) is 0 Å². The van der Waals surface area contributed by atoms with Crippen LogP contribution < -0.4 is 10.6 Å². The first-order valence-electron chi connectivity index (χ1n) is 8.78. The molecule has 0 spiro atoms. The molecule has 0 radical (unpaired) electrons. The van der Waals surface area contributed by atoms with Gasteiger partial charge in [-0.3, -0.25) is 4.90 Å². The molecule has 0 aliphatic carbocycles. The van der Waals surface area contributed by atoms with Gasteiger partial charge < -0.3 is 10.6 Å². The van der Waals surface area contributed by atoms with Crippen LogP contribution in [0.15, 0.2) is 28.1 Å². The second-order valence-electron chi connectivity index (χ2n) is 6.49. The average Bonchev–Trinajstić information content (AvgIpc) is 2.98. The summed E-state index contributed by atoms with van der Waals surface area (Å²) in [5, 5.41) is 6.46. The summed E-state index contributed by atoms with van der Waals surface area (Å²) in [5.74, 6) is 0.652. The molecule has 0 aromatic heterocycles. The van der Waals surface area contributed by atoms with Crippen molar-refractivity contribution < 1.29 is 13.2 Å². The highest BCUT2D eigenvalue weighted by atomic mass is 127. The summed E-state index contributed by atoms with van der Waals surface area (Å²) in [4.78, 5) is 7.26. The van der Waals surface area contributed by atoms with E-state index in [1.165, 1.54) is 15.4 Å². The van der Waals surface area contributed by atoms with Crippen molar-refractivity contribution in [3.05, 3.63) is 29.3 Å². The number of guanidine groups is 1. The van der Waals surface area contributed by atoms with Gasteiger partial charge in [0.25, 0.3) is 0 Å². The second kappa shape index (κ2) is 11.4. The Kier molecular flexibility index (Phi) is 10.2. The molecule has 27 heavy (non-hydrogen) atoms. The van der Waals surface area contributed by atoms with Crippen molar-refractivity contribution in [1.29, 1.82) is 0 Å². The first kappa shape index (κ1) is 24.4. The van der Waals surface area contributed by atoms with Gasteiger partial charge in [-0.1, -0.05) is 12.1 Å². The summed E-state index contributed by atoms with van der Waals surface area (Å²) < 4.78 is 37.6. The Bertz CT molecular complexity index is 625. The van der Waals surface area contributed by atoms with Crippen molar-refractivity contribution in [2.75, 3.05) is 32.4 Å². The van der Waals surface area contributed by atoms with Gasteiger partial charge in [-0.15, -0.1) is 35.7 Å². The van der Waals surface area contributed by atoms with Gasteiger partial charge >= 0.3 is 6.18 Å². The van der Waals surface area contributed by atoms with E-state index in [4.69, 9.17) is 0 Å². The molecule has 0 bridgehead atoms. The number of likely N-dealkylation sites (tertiary alicyclic amines) is 1. The van der Waals surface area contributed by atoms with Crippen LogP contribution in [0, 0.1) is 6.92 Å². The van der Waals surface area contributed by atoms with Gasteiger partial charge in [0.15, 0.2) is 5.96 Å². The molecule has 1 heterocycles. The predicted octanol–water partition coefficient (Wildman–Crippen LogP) is 4.03. The number of thioether (sulfide) groups is 1. The maximum absolute atomic E-state index is 12.5. The fourth-order valence-corrected chi connectivity index (χ4v) is 3.71. The van der Waals surface area contributed by atoms with E-state index in [1.807, 2.05) is 13.2 Å². The van der Waals surface area contributed by atoms with Gasteiger partial charge in [0, 0.05) is 30.6 Å². The lowest BCUT2D eigenvalue weighted by atomic mass is 10.1. The van der Waals surface area contributed by atoms with Crippen molar-refractivity contribution >= 4 is 41.7 Å². The van der Waals surface area contributed by atoms with Crippen LogP contribution in [0.5, 0.6) is 0 Å². The lowest BCUT2D eigenvalue weighted by Crippen LogP contribution is -2.45. The Balaban J connectivity index is 0.00000364. The molecule has 1 aliphatic rings. The third-order valence-electron chi connectivity index (χ3n) is 4.21. The number of halogens is 4. The monoisotopic (exact) mass is 516 g/mol. The normalized spacial score (nSPS) is 18.3. The molecule has 1 fully saturated rings. The van der Waals surface area contributed by atoms with Gasteiger partial charge in [0.1, 0.15) is 0 Å². The Morgan fingerprint density at radius 1 is 1.37 bits per heavy atom. The maximum atomic E-state index is 12.5. The second-order valence-corrected chi connectivity index (χ2v) is 7.34.